The van der Waals surface area contributed by atoms with E-state index in [2.05, 4.69) is 6.92 Å². The van der Waals surface area contributed by atoms with Crippen LogP contribution < -0.4 is 0 Å². The van der Waals surface area contributed by atoms with Crippen LogP contribution in [0.3, 0.4) is 0 Å². The molecule has 0 aromatic heterocycles. The molecule has 0 fully saturated rings. The zero-order valence-corrected chi connectivity index (χ0v) is 17.8. The first-order valence-corrected chi connectivity index (χ1v) is 11.2. The van der Waals surface area contributed by atoms with Crippen molar-refractivity contribution in [2.45, 2.75) is 109 Å². The van der Waals surface area contributed by atoms with E-state index in [1.54, 1.807) is 24.3 Å². The number of para-hydroxylation sites is 1. The van der Waals surface area contributed by atoms with Gasteiger partial charge in [0, 0.05) is 6.42 Å². The Labute approximate surface area is 172 Å². The van der Waals surface area contributed by atoms with Crippen molar-refractivity contribution in [1.82, 2.24) is 0 Å². The number of rotatable bonds is 16. The molecule has 1 aromatic carbocycles. The first-order valence-electron chi connectivity index (χ1n) is 11.2. The van der Waals surface area contributed by atoms with Gasteiger partial charge in [0.25, 0.3) is 0 Å². The number of phenols is 1. The lowest BCUT2D eigenvalue weighted by molar-refractivity contribution is -0.137. The van der Waals surface area contributed by atoms with Gasteiger partial charge in [0.1, 0.15) is 5.75 Å². The predicted octanol–water partition coefficient (Wildman–Crippen LogP) is 6.70. The lowest BCUT2D eigenvalue weighted by Gasteiger charge is -2.08. The second kappa shape index (κ2) is 20.2. The number of carboxylic acid groups (broad SMARTS) is 1. The summed E-state index contributed by atoms with van der Waals surface area (Å²) in [5.41, 5.74) is 0. The van der Waals surface area contributed by atoms with Crippen molar-refractivity contribution in [1.29, 1.82) is 0 Å². The van der Waals surface area contributed by atoms with E-state index < -0.39 is 5.97 Å². The van der Waals surface area contributed by atoms with E-state index in [4.69, 9.17) is 10.2 Å². The van der Waals surface area contributed by atoms with Gasteiger partial charge in [-0.05, 0) is 31.4 Å². The molecule has 0 heterocycles. The van der Waals surface area contributed by atoms with Gasteiger partial charge in [-0.25, -0.2) is 0 Å². The van der Waals surface area contributed by atoms with Crippen molar-refractivity contribution in [3.8, 4) is 5.75 Å². The Kier molecular flexibility index (Phi) is 19.1. The third-order valence-electron chi connectivity index (χ3n) is 4.81. The van der Waals surface area contributed by atoms with Gasteiger partial charge in [0.05, 0.1) is 6.10 Å². The van der Waals surface area contributed by atoms with Crippen LogP contribution in [0.25, 0.3) is 0 Å². The average Bonchev–Trinajstić information content (AvgIpc) is 2.66. The van der Waals surface area contributed by atoms with Gasteiger partial charge in [0.15, 0.2) is 0 Å². The maximum Gasteiger partial charge on any atom is 0.303 e. The molecule has 0 saturated carbocycles. The van der Waals surface area contributed by atoms with E-state index in [0.29, 0.717) is 12.2 Å². The summed E-state index contributed by atoms with van der Waals surface area (Å²) in [7, 11) is 0. The zero-order valence-electron chi connectivity index (χ0n) is 17.8. The van der Waals surface area contributed by atoms with Crippen LogP contribution >= 0.6 is 0 Å². The summed E-state index contributed by atoms with van der Waals surface area (Å²) >= 11 is 0. The molecular weight excluding hydrogens is 352 g/mol. The third kappa shape index (κ3) is 20.8. The monoisotopic (exact) mass is 394 g/mol. The van der Waals surface area contributed by atoms with E-state index >= 15 is 0 Å². The van der Waals surface area contributed by atoms with Gasteiger partial charge >= 0.3 is 5.97 Å². The molecule has 162 valence electrons. The molecular formula is C24H42O4. The molecule has 0 spiro atoms. The van der Waals surface area contributed by atoms with Crippen molar-refractivity contribution >= 4 is 5.97 Å². The molecule has 0 amide bonds. The highest BCUT2D eigenvalue weighted by Crippen LogP contribution is 2.14. The van der Waals surface area contributed by atoms with Crippen molar-refractivity contribution in [2.75, 3.05) is 0 Å². The Bertz CT molecular complexity index is 447. The lowest BCUT2D eigenvalue weighted by Crippen LogP contribution is -2.04. The minimum Gasteiger partial charge on any atom is -0.508 e. The van der Waals surface area contributed by atoms with Gasteiger partial charge in [-0.2, -0.15) is 0 Å². The normalized spacial score (nSPS) is 11.5. The summed E-state index contributed by atoms with van der Waals surface area (Å²) in [5, 5.41) is 26.8. The maximum absolute atomic E-state index is 10.3. The van der Waals surface area contributed by atoms with E-state index in [9.17, 15) is 9.90 Å². The van der Waals surface area contributed by atoms with E-state index in [-0.39, 0.29) is 6.10 Å². The number of hydrogen-bond donors (Lipinski definition) is 3. The van der Waals surface area contributed by atoms with Gasteiger partial charge < -0.3 is 15.3 Å². The predicted molar refractivity (Wildman–Crippen MR) is 117 cm³/mol. The minimum atomic E-state index is -0.669. The standard InChI is InChI=1S/C18H36O3.C6H6O/c1-2-14-17(19)15-12-10-8-6-4-3-5-7-9-11-13-16-18(20)21;7-6-4-2-1-3-5-6/h17,19H,2-16H2,1H3,(H,20,21);1-5,7H. The van der Waals surface area contributed by atoms with Gasteiger partial charge in [-0.15, -0.1) is 0 Å². The fourth-order valence-corrected chi connectivity index (χ4v) is 3.15. The summed E-state index contributed by atoms with van der Waals surface area (Å²) in [4.78, 5) is 10.3. The number of phenolic OH excluding ortho intramolecular Hbond substituents is 1. The number of aliphatic carboxylic acids is 1. The quantitative estimate of drug-likeness (QED) is 0.273. The summed E-state index contributed by atoms with van der Waals surface area (Å²) in [6, 6.07) is 8.71. The summed E-state index contributed by atoms with van der Waals surface area (Å²) in [5.74, 6) is -0.347. The molecule has 1 atom stereocenters. The number of carbonyl (C=O) groups is 1. The Balaban J connectivity index is 0.000000861. The summed E-state index contributed by atoms with van der Waals surface area (Å²) in [6.45, 7) is 2.12. The molecule has 28 heavy (non-hydrogen) atoms. The second-order valence-electron chi connectivity index (χ2n) is 7.60. The van der Waals surface area contributed by atoms with Crippen LogP contribution in [-0.2, 0) is 4.79 Å². The SMILES string of the molecule is CCCC(O)CCCCCCCCCCCCCC(=O)O.Oc1ccccc1. The smallest absolute Gasteiger partial charge is 0.303 e. The molecule has 3 N–H and O–H groups in total. The molecule has 4 nitrogen and oxygen atoms in total. The molecule has 0 saturated heterocycles. The molecule has 1 rings (SSSR count). The van der Waals surface area contributed by atoms with Crippen LogP contribution in [0.1, 0.15) is 103 Å². The fourth-order valence-electron chi connectivity index (χ4n) is 3.15. The minimum absolute atomic E-state index is 0.0730. The van der Waals surface area contributed by atoms with Gasteiger partial charge in [-0.3, -0.25) is 4.79 Å². The Hall–Kier alpha value is -1.55. The number of aliphatic hydroxyl groups is 1. The first kappa shape index (κ1) is 26.4. The Morgan fingerprint density at radius 1 is 0.786 bits per heavy atom. The Morgan fingerprint density at radius 2 is 1.25 bits per heavy atom. The Morgan fingerprint density at radius 3 is 1.64 bits per heavy atom. The summed E-state index contributed by atoms with van der Waals surface area (Å²) < 4.78 is 0. The zero-order chi connectivity index (χ0) is 20.9. The molecule has 0 aliphatic rings. The van der Waals surface area contributed by atoms with Crippen LogP contribution in [0.4, 0.5) is 0 Å². The number of aliphatic hydroxyl groups excluding tert-OH is 1. The number of carboxylic acids is 1. The maximum atomic E-state index is 10.3. The van der Waals surface area contributed by atoms with E-state index in [0.717, 1.165) is 32.1 Å². The molecule has 0 aliphatic carbocycles. The second-order valence-corrected chi connectivity index (χ2v) is 7.60. The lowest BCUT2D eigenvalue weighted by atomic mass is 10.0. The highest BCUT2D eigenvalue weighted by molar-refractivity contribution is 5.66. The molecule has 0 aliphatic heterocycles. The topological polar surface area (TPSA) is 77.8 Å². The molecule has 1 aromatic rings. The molecule has 4 heteroatoms. The average molecular weight is 395 g/mol. The van der Waals surface area contributed by atoms with Crippen LogP contribution in [0.2, 0.25) is 0 Å². The fraction of sp³-hybridized carbons (Fsp3) is 0.708. The molecule has 0 bridgehead atoms. The molecule has 0 radical (unpaired) electrons. The number of aromatic hydroxyl groups is 1. The van der Waals surface area contributed by atoms with Gasteiger partial charge in [0.2, 0.25) is 0 Å². The molecule has 1 unspecified atom stereocenters. The number of unbranched alkanes of at least 4 members (excludes halogenated alkanes) is 10. The van der Waals surface area contributed by atoms with Crippen molar-refractivity contribution in [3.05, 3.63) is 30.3 Å². The van der Waals surface area contributed by atoms with Crippen molar-refractivity contribution in [2.24, 2.45) is 0 Å². The van der Waals surface area contributed by atoms with E-state index in [1.165, 1.54) is 57.8 Å². The van der Waals surface area contributed by atoms with E-state index in [1.807, 2.05) is 6.07 Å². The van der Waals surface area contributed by atoms with Gasteiger partial charge in [-0.1, -0.05) is 95.8 Å². The largest absolute Gasteiger partial charge is 0.508 e. The first-order chi connectivity index (χ1) is 13.6. The highest BCUT2D eigenvalue weighted by atomic mass is 16.4. The summed E-state index contributed by atoms with van der Waals surface area (Å²) in [6.07, 6.45) is 16.6. The van der Waals surface area contributed by atoms with Crippen LogP contribution in [0, 0.1) is 0 Å². The highest BCUT2D eigenvalue weighted by Gasteiger charge is 2.01. The van der Waals surface area contributed by atoms with Crippen LogP contribution in [-0.4, -0.2) is 27.4 Å². The van der Waals surface area contributed by atoms with Crippen LogP contribution in [0.15, 0.2) is 30.3 Å². The van der Waals surface area contributed by atoms with Crippen molar-refractivity contribution in [3.63, 3.8) is 0 Å². The third-order valence-corrected chi connectivity index (χ3v) is 4.81. The van der Waals surface area contributed by atoms with Crippen molar-refractivity contribution < 1.29 is 20.1 Å². The number of hydrogen-bond acceptors (Lipinski definition) is 3. The van der Waals surface area contributed by atoms with Crippen LogP contribution in [0.5, 0.6) is 5.75 Å². The number of benzene rings is 1.